The van der Waals surface area contributed by atoms with Crippen LogP contribution in [0.25, 0.3) is 16.6 Å². The number of hydrogen-bond donors (Lipinski definition) is 0. The molecule has 0 spiro atoms. The van der Waals surface area contributed by atoms with Gasteiger partial charge in [-0.15, -0.1) is 0 Å². The first kappa shape index (κ1) is 12.1. The summed E-state index contributed by atoms with van der Waals surface area (Å²) in [4.78, 5) is 22.8. The highest BCUT2D eigenvalue weighted by molar-refractivity contribution is 5.81. The molecule has 3 aromatic rings. The number of benzene rings is 2. The van der Waals surface area contributed by atoms with Crippen LogP contribution in [-0.4, -0.2) is 9.49 Å². The van der Waals surface area contributed by atoms with E-state index < -0.39 is 4.92 Å². The van der Waals surface area contributed by atoms with Crippen LogP contribution in [0.4, 0.5) is 5.69 Å². The van der Waals surface area contributed by atoms with Crippen LogP contribution in [0, 0.1) is 10.1 Å². The lowest BCUT2D eigenvalue weighted by Crippen LogP contribution is -2.18. The Morgan fingerprint density at radius 2 is 1.60 bits per heavy atom. The number of nitro benzene ring substituents is 1. The third-order valence-corrected chi connectivity index (χ3v) is 3.12. The van der Waals surface area contributed by atoms with Gasteiger partial charge in [0, 0.05) is 12.1 Å². The van der Waals surface area contributed by atoms with Crippen LogP contribution in [0.15, 0.2) is 65.5 Å². The predicted octanol–water partition coefficient (Wildman–Crippen LogP) is 2.90. The van der Waals surface area contributed by atoms with Crippen molar-refractivity contribution in [3.63, 3.8) is 0 Å². The summed E-state index contributed by atoms with van der Waals surface area (Å²) >= 11 is 0. The van der Waals surface area contributed by atoms with Crippen LogP contribution in [0.2, 0.25) is 0 Å². The highest BCUT2D eigenvalue weighted by atomic mass is 16.6. The first-order valence-corrected chi connectivity index (χ1v) is 6.03. The van der Waals surface area contributed by atoms with Crippen molar-refractivity contribution < 1.29 is 4.92 Å². The molecule has 5 nitrogen and oxygen atoms in total. The van der Waals surface area contributed by atoms with Gasteiger partial charge in [0.15, 0.2) is 0 Å². The molecule has 20 heavy (non-hydrogen) atoms. The minimum Gasteiger partial charge on any atom is -0.270 e. The van der Waals surface area contributed by atoms with E-state index in [1.165, 1.54) is 16.7 Å². The Morgan fingerprint density at radius 3 is 2.40 bits per heavy atom. The lowest BCUT2D eigenvalue weighted by molar-refractivity contribution is -0.384. The van der Waals surface area contributed by atoms with Gasteiger partial charge in [-0.1, -0.05) is 30.3 Å². The highest BCUT2D eigenvalue weighted by Crippen LogP contribution is 2.24. The van der Waals surface area contributed by atoms with Crippen molar-refractivity contribution in [2.45, 2.75) is 0 Å². The van der Waals surface area contributed by atoms with Gasteiger partial charge < -0.3 is 0 Å². The number of para-hydroxylation sites is 3. The predicted molar refractivity (Wildman–Crippen MR) is 76.2 cm³/mol. The van der Waals surface area contributed by atoms with Gasteiger partial charge in [0.2, 0.25) is 0 Å². The quantitative estimate of drug-likeness (QED) is 0.529. The van der Waals surface area contributed by atoms with Gasteiger partial charge >= 0.3 is 0 Å². The molecule has 2 aromatic carbocycles. The van der Waals surface area contributed by atoms with Crippen molar-refractivity contribution >= 4 is 16.6 Å². The molecule has 98 valence electrons. The third kappa shape index (κ3) is 1.85. The summed E-state index contributed by atoms with van der Waals surface area (Å²) in [6.45, 7) is 0. The van der Waals surface area contributed by atoms with Gasteiger partial charge in [-0.3, -0.25) is 19.5 Å². The van der Waals surface area contributed by atoms with Crippen LogP contribution in [0.1, 0.15) is 0 Å². The minimum absolute atomic E-state index is 0.0917. The zero-order chi connectivity index (χ0) is 14.1. The van der Waals surface area contributed by atoms with Crippen LogP contribution in [-0.2, 0) is 0 Å². The molecule has 0 aliphatic rings. The Morgan fingerprint density at radius 1 is 0.900 bits per heavy atom. The Bertz CT molecular complexity index is 868. The molecule has 0 unspecified atom stereocenters. The zero-order valence-electron chi connectivity index (χ0n) is 10.4. The van der Waals surface area contributed by atoms with Crippen molar-refractivity contribution in [2.75, 3.05) is 0 Å². The van der Waals surface area contributed by atoms with Crippen molar-refractivity contribution in [1.29, 1.82) is 0 Å². The second-order valence-electron chi connectivity index (χ2n) is 4.31. The maximum absolute atomic E-state index is 12.1. The monoisotopic (exact) mass is 266 g/mol. The Kier molecular flexibility index (Phi) is 2.80. The van der Waals surface area contributed by atoms with Crippen molar-refractivity contribution in [1.82, 2.24) is 4.57 Å². The first-order valence-electron chi connectivity index (χ1n) is 6.03. The molecule has 0 saturated heterocycles. The van der Waals surface area contributed by atoms with Gasteiger partial charge in [-0.2, -0.15) is 0 Å². The fourth-order valence-electron chi connectivity index (χ4n) is 2.24. The van der Waals surface area contributed by atoms with E-state index in [9.17, 15) is 14.9 Å². The Labute approximate surface area is 113 Å². The van der Waals surface area contributed by atoms with E-state index in [-0.39, 0.29) is 16.9 Å². The number of rotatable bonds is 2. The summed E-state index contributed by atoms with van der Waals surface area (Å²) in [6.07, 6.45) is 0. The largest absolute Gasteiger partial charge is 0.293 e. The number of fused-ring (bicyclic) bond motifs is 1. The average Bonchev–Trinajstić information content (AvgIpc) is 2.47. The van der Waals surface area contributed by atoms with E-state index in [0.29, 0.717) is 5.52 Å². The fraction of sp³-hybridized carbons (Fsp3) is 0. The molecule has 5 heteroatoms. The molecule has 0 aliphatic carbocycles. The number of nitro groups is 1. The molecule has 1 aromatic heterocycles. The lowest BCUT2D eigenvalue weighted by Gasteiger charge is -2.10. The molecule has 0 amide bonds. The number of pyridine rings is 1. The van der Waals surface area contributed by atoms with E-state index in [1.807, 2.05) is 12.1 Å². The molecule has 0 fully saturated rings. The highest BCUT2D eigenvalue weighted by Gasteiger charge is 2.16. The van der Waals surface area contributed by atoms with Crippen LogP contribution < -0.4 is 5.56 Å². The van der Waals surface area contributed by atoms with Crippen LogP contribution >= 0.6 is 0 Å². The van der Waals surface area contributed by atoms with E-state index >= 15 is 0 Å². The maximum atomic E-state index is 12.1. The van der Waals surface area contributed by atoms with Crippen molar-refractivity contribution in [3.8, 4) is 5.69 Å². The van der Waals surface area contributed by atoms with E-state index in [0.717, 1.165) is 5.39 Å². The summed E-state index contributed by atoms with van der Waals surface area (Å²) in [5, 5.41) is 12.0. The first-order chi connectivity index (χ1) is 9.68. The molecule has 0 atom stereocenters. The summed E-state index contributed by atoms with van der Waals surface area (Å²) in [5.74, 6) is 0. The third-order valence-electron chi connectivity index (χ3n) is 3.12. The Hall–Kier alpha value is -2.95. The van der Waals surface area contributed by atoms with Gasteiger partial charge in [0.05, 0.1) is 10.4 Å². The normalized spacial score (nSPS) is 10.6. The van der Waals surface area contributed by atoms with Crippen LogP contribution in [0.5, 0.6) is 0 Å². The smallest absolute Gasteiger partial charge is 0.270 e. The molecule has 0 N–H and O–H groups in total. The zero-order valence-corrected chi connectivity index (χ0v) is 10.4. The fourth-order valence-corrected chi connectivity index (χ4v) is 2.24. The molecule has 0 saturated carbocycles. The van der Waals surface area contributed by atoms with Gasteiger partial charge in [-0.05, 0) is 23.6 Å². The van der Waals surface area contributed by atoms with Gasteiger partial charge in [0.25, 0.3) is 11.2 Å². The second kappa shape index (κ2) is 4.62. The molecule has 1 heterocycles. The van der Waals surface area contributed by atoms with E-state index in [4.69, 9.17) is 0 Å². The standard InChI is InChI=1S/C15H10N2O3/c18-15-10-9-11-5-1-2-6-12(11)16(15)13-7-3-4-8-14(13)17(19)20/h1-10H. The summed E-state index contributed by atoms with van der Waals surface area (Å²) < 4.78 is 1.37. The summed E-state index contributed by atoms with van der Waals surface area (Å²) in [7, 11) is 0. The van der Waals surface area contributed by atoms with Crippen molar-refractivity contribution in [2.24, 2.45) is 0 Å². The van der Waals surface area contributed by atoms with Crippen molar-refractivity contribution in [3.05, 3.63) is 81.1 Å². The molecular weight excluding hydrogens is 256 g/mol. The minimum atomic E-state index is -0.483. The Balaban J connectivity index is 2.44. The van der Waals surface area contributed by atoms with Gasteiger partial charge in [0.1, 0.15) is 5.69 Å². The molecule has 0 radical (unpaired) electrons. The number of nitrogens with zero attached hydrogens (tertiary/aromatic N) is 2. The lowest BCUT2D eigenvalue weighted by atomic mass is 10.2. The van der Waals surface area contributed by atoms with E-state index in [1.54, 1.807) is 36.4 Å². The van der Waals surface area contributed by atoms with Gasteiger partial charge in [-0.25, -0.2) is 0 Å². The average molecular weight is 266 g/mol. The molecule has 0 aliphatic heterocycles. The van der Waals surface area contributed by atoms with E-state index in [2.05, 4.69) is 0 Å². The topological polar surface area (TPSA) is 65.1 Å². The number of hydrogen-bond acceptors (Lipinski definition) is 3. The summed E-state index contributed by atoms with van der Waals surface area (Å²) in [6, 6.07) is 16.6. The molecular formula is C15H10N2O3. The summed E-state index contributed by atoms with van der Waals surface area (Å²) in [5.41, 5.74) is 0.539. The molecule has 0 bridgehead atoms. The maximum Gasteiger partial charge on any atom is 0.293 e. The SMILES string of the molecule is O=c1ccc2ccccc2n1-c1ccccc1[N+](=O)[O-]. The number of aromatic nitrogens is 1. The van der Waals surface area contributed by atoms with Crippen LogP contribution in [0.3, 0.4) is 0 Å². The second-order valence-corrected chi connectivity index (χ2v) is 4.31. The molecule has 3 rings (SSSR count).